The highest BCUT2D eigenvalue weighted by Gasteiger charge is 2.38. The molecular formula is C20H21N3O3. The van der Waals surface area contributed by atoms with Crippen molar-refractivity contribution in [2.75, 3.05) is 19.6 Å². The first kappa shape index (κ1) is 16.6. The summed E-state index contributed by atoms with van der Waals surface area (Å²) in [7, 11) is 0. The maximum atomic E-state index is 12.4. The highest BCUT2D eigenvalue weighted by atomic mass is 16.5. The van der Waals surface area contributed by atoms with E-state index in [0.717, 1.165) is 19.6 Å². The second-order valence-corrected chi connectivity index (χ2v) is 6.90. The zero-order chi connectivity index (χ0) is 18.1. The summed E-state index contributed by atoms with van der Waals surface area (Å²) in [6.45, 7) is 3.22. The second kappa shape index (κ2) is 6.80. The largest absolute Gasteiger partial charge is 0.457 e. The fourth-order valence-electron chi connectivity index (χ4n) is 3.70. The normalized spacial score (nSPS) is 23.6. The number of carbonyl (C=O) groups is 2. The van der Waals surface area contributed by atoms with Crippen molar-refractivity contribution in [1.82, 2.24) is 10.2 Å². The lowest BCUT2D eigenvalue weighted by molar-refractivity contribution is 0.0923. The van der Waals surface area contributed by atoms with Crippen LogP contribution in [0.3, 0.4) is 0 Å². The molecule has 2 aliphatic heterocycles. The van der Waals surface area contributed by atoms with E-state index >= 15 is 0 Å². The van der Waals surface area contributed by atoms with Crippen LogP contribution >= 0.6 is 0 Å². The van der Waals surface area contributed by atoms with Gasteiger partial charge in [0.2, 0.25) is 5.91 Å². The highest BCUT2D eigenvalue weighted by molar-refractivity contribution is 5.94. The van der Waals surface area contributed by atoms with Crippen LogP contribution in [0.25, 0.3) is 0 Å². The summed E-state index contributed by atoms with van der Waals surface area (Å²) in [5.41, 5.74) is 6.28. The van der Waals surface area contributed by atoms with Crippen molar-refractivity contribution in [3.05, 3.63) is 59.7 Å². The summed E-state index contributed by atoms with van der Waals surface area (Å²) >= 11 is 0. The van der Waals surface area contributed by atoms with Gasteiger partial charge >= 0.3 is 0 Å². The van der Waals surface area contributed by atoms with Gasteiger partial charge in [-0.15, -0.1) is 0 Å². The van der Waals surface area contributed by atoms with Gasteiger partial charge in [-0.3, -0.25) is 9.59 Å². The van der Waals surface area contributed by atoms with Crippen molar-refractivity contribution in [1.29, 1.82) is 0 Å². The van der Waals surface area contributed by atoms with E-state index in [1.807, 2.05) is 0 Å². The average Bonchev–Trinajstić information content (AvgIpc) is 3.26. The molecule has 2 aromatic carbocycles. The molecule has 2 amide bonds. The molecule has 3 N–H and O–H groups in total. The number of piperidine rings is 1. The molecule has 0 aromatic heterocycles. The molecule has 2 heterocycles. The van der Waals surface area contributed by atoms with E-state index in [1.54, 1.807) is 48.5 Å². The average molecular weight is 351 g/mol. The van der Waals surface area contributed by atoms with E-state index in [0.29, 0.717) is 28.5 Å². The first-order chi connectivity index (χ1) is 12.6. The number of amides is 2. The second-order valence-electron chi connectivity index (χ2n) is 6.90. The van der Waals surface area contributed by atoms with Crippen LogP contribution in [0.2, 0.25) is 0 Å². The van der Waals surface area contributed by atoms with Crippen molar-refractivity contribution in [3.63, 3.8) is 0 Å². The summed E-state index contributed by atoms with van der Waals surface area (Å²) in [6, 6.07) is 13.9. The first-order valence-corrected chi connectivity index (χ1v) is 8.79. The third-order valence-electron chi connectivity index (χ3n) is 5.14. The number of nitrogens with zero attached hydrogens (tertiary/aromatic N) is 1. The number of carbonyl (C=O) groups excluding carboxylic acids is 2. The molecule has 4 rings (SSSR count). The van der Waals surface area contributed by atoms with E-state index in [2.05, 4.69) is 10.2 Å². The van der Waals surface area contributed by atoms with Gasteiger partial charge in [-0.05, 0) is 67.4 Å². The summed E-state index contributed by atoms with van der Waals surface area (Å²) in [4.78, 5) is 25.9. The molecule has 3 atom stereocenters. The van der Waals surface area contributed by atoms with Gasteiger partial charge < -0.3 is 20.7 Å². The molecule has 6 heteroatoms. The van der Waals surface area contributed by atoms with Gasteiger partial charge in [0.1, 0.15) is 11.5 Å². The number of fused-ring (bicyclic) bond motifs is 2. The van der Waals surface area contributed by atoms with Gasteiger partial charge in [-0.1, -0.05) is 0 Å². The van der Waals surface area contributed by atoms with Gasteiger partial charge in [-0.2, -0.15) is 0 Å². The molecule has 2 unspecified atom stereocenters. The Hall–Kier alpha value is -2.86. The highest BCUT2D eigenvalue weighted by Crippen LogP contribution is 2.28. The fraction of sp³-hybridized carbons (Fsp3) is 0.300. The lowest BCUT2D eigenvalue weighted by Crippen LogP contribution is -2.43. The maximum absolute atomic E-state index is 12.4. The van der Waals surface area contributed by atoms with Crippen LogP contribution in [0, 0.1) is 5.92 Å². The van der Waals surface area contributed by atoms with Crippen molar-refractivity contribution in [2.45, 2.75) is 12.5 Å². The summed E-state index contributed by atoms with van der Waals surface area (Å²) in [5.74, 6) is 1.30. The Labute approximate surface area is 151 Å². The third-order valence-corrected chi connectivity index (χ3v) is 5.14. The van der Waals surface area contributed by atoms with E-state index in [-0.39, 0.29) is 11.9 Å². The monoisotopic (exact) mass is 351 g/mol. The number of benzene rings is 2. The number of nitrogens with one attached hydrogen (secondary N) is 1. The van der Waals surface area contributed by atoms with Crippen LogP contribution in [0.15, 0.2) is 48.5 Å². The molecule has 2 aromatic rings. The Bertz CT molecular complexity index is 817. The maximum Gasteiger partial charge on any atom is 0.251 e. The predicted molar refractivity (Wildman–Crippen MR) is 97.3 cm³/mol. The number of nitrogens with two attached hydrogens (primary N) is 1. The smallest absolute Gasteiger partial charge is 0.251 e. The summed E-state index contributed by atoms with van der Waals surface area (Å²) in [6.07, 6.45) is 1.17. The number of hydrogen-bond donors (Lipinski definition) is 2. The molecule has 6 nitrogen and oxygen atoms in total. The molecule has 0 saturated carbocycles. The Morgan fingerprint density at radius 3 is 2.08 bits per heavy atom. The number of hydrogen-bond acceptors (Lipinski definition) is 4. The molecule has 134 valence electrons. The van der Waals surface area contributed by atoms with E-state index in [9.17, 15) is 9.59 Å². The fourth-order valence-corrected chi connectivity index (χ4v) is 3.70. The number of ether oxygens (including phenoxy) is 1. The minimum atomic E-state index is -0.473. The summed E-state index contributed by atoms with van der Waals surface area (Å²) < 4.78 is 5.73. The van der Waals surface area contributed by atoms with Crippen LogP contribution in [-0.4, -0.2) is 42.4 Å². The van der Waals surface area contributed by atoms with E-state index in [1.165, 1.54) is 6.42 Å². The van der Waals surface area contributed by atoms with Crippen LogP contribution < -0.4 is 15.8 Å². The third kappa shape index (κ3) is 3.41. The SMILES string of the molecule is NC(=O)c1ccc(Oc2ccc(C(=O)NC3CN4CC[C@H]3C4)cc2)cc1. The minimum Gasteiger partial charge on any atom is -0.457 e. The molecule has 2 bridgehead atoms. The lowest BCUT2D eigenvalue weighted by Gasteiger charge is -2.23. The summed E-state index contributed by atoms with van der Waals surface area (Å²) in [5, 5.41) is 3.15. The van der Waals surface area contributed by atoms with Crippen molar-refractivity contribution >= 4 is 11.8 Å². The van der Waals surface area contributed by atoms with Gasteiger partial charge in [0.25, 0.3) is 5.91 Å². The molecular weight excluding hydrogens is 330 g/mol. The van der Waals surface area contributed by atoms with Gasteiger partial charge in [0.05, 0.1) is 0 Å². The first-order valence-electron chi connectivity index (χ1n) is 8.79. The van der Waals surface area contributed by atoms with Crippen molar-refractivity contribution < 1.29 is 14.3 Å². The zero-order valence-electron chi connectivity index (χ0n) is 14.4. The Morgan fingerprint density at radius 1 is 0.962 bits per heavy atom. The minimum absolute atomic E-state index is 0.0406. The molecule has 2 saturated heterocycles. The van der Waals surface area contributed by atoms with Crippen LogP contribution in [0.4, 0.5) is 0 Å². The molecule has 2 aliphatic rings. The Morgan fingerprint density at radius 2 is 1.58 bits per heavy atom. The van der Waals surface area contributed by atoms with Crippen LogP contribution in [0.5, 0.6) is 11.5 Å². The predicted octanol–water partition coefficient (Wildman–Crippen LogP) is 2.01. The van der Waals surface area contributed by atoms with Crippen molar-refractivity contribution in [3.8, 4) is 11.5 Å². The quantitative estimate of drug-likeness (QED) is 0.863. The topological polar surface area (TPSA) is 84.7 Å². The number of rotatable bonds is 5. The molecule has 0 aliphatic carbocycles. The van der Waals surface area contributed by atoms with Crippen LogP contribution in [0.1, 0.15) is 27.1 Å². The van der Waals surface area contributed by atoms with E-state index in [4.69, 9.17) is 10.5 Å². The molecule has 0 radical (unpaired) electrons. The molecule has 26 heavy (non-hydrogen) atoms. The number of primary amides is 1. The Kier molecular flexibility index (Phi) is 4.34. The van der Waals surface area contributed by atoms with Crippen LogP contribution in [-0.2, 0) is 0 Å². The van der Waals surface area contributed by atoms with E-state index < -0.39 is 5.91 Å². The molecule has 0 spiro atoms. The Balaban J connectivity index is 1.37. The lowest BCUT2D eigenvalue weighted by atomic mass is 9.99. The van der Waals surface area contributed by atoms with Gasteiger partial charge in [0.15, 0.2) is 0 Å². The van der Waals surface area contributed by atoms with Gasteiger partial charge in [-0.25, -0.2) is 0 Å². The zero-order valence-corrected chi connectivity index (χ0v) is 14.4. The van der Waals surface area contributed by atoms with Gasteiger partial charge in [0, 0.05) is 30.3 Å². The van der Waals surface area contributed by atoms with Crippen molar-refractivity contribution in [2.24, 2.45) is 11.7 Å². The molecule has 2 fully saturated rings. The standard InChI is InChI=1S/C20H21N3O3/c21-19(24)13-1-5-16(6-2-13)26-17-7-3-14(4-8-17)20(25)22-18-12-23-10-9-15(18)11-23/h1-8,15,18H,9-12H2,(H2,21,24)(H,22,25)/t15-,18?/m0/s1.